The number of hydrogen-bond acceptors (Lipinski definition) is 10. The highest BCUT2D eigenvalue weighted by Gasteiger charge is 2.39. The van der Waals surface area contributed by atoms with Crippen molar-refractivity contribution in [3.8, 4) is 29.4 Å². The van der Waals surface area contributed by atoms with Gasteiger partial charge in [0.25, 0.3) is 14.1 Å². The van der Waals surface area contributed by atoms with Gasteiger partial charge in [-0.15, -0.1) is 0 Å². The van der Waals surface area contributed by atoms with Crippen LogP contribution in [0.5, 0.6) is 11.5 Å². The first-order chi connectivity index (χ1) is 26.5. The zero-order chi connectivity index (χ0) is 39.8. The molecule has 0 bridgehead atoms. The van der Waals surface area contributed by atoms with Gasteiger partial charge in [0, 0.05) is 38.8 Å². The molecule has 0 saturated carbocycles. The summed E-state index contributed by atoms with van der Waals surface area (Å²) in [7, 11) is 5.25. The molecule has 12 nitrogen and oxygen atoms in total. The Morgan fingerprint density at radius 3 is 2.00 bits per heavy atom. The van der Waals surface area contributed by atoms with E-state index in [1.807, 2.05) is 93.0 Å². The van der Waals surface area contributed by atoms with Gasteiger partial charge in [-0.05, 0) is 68.7 Å². The Bertz CT molecular complexity index is 1910. The number of nitriles is 1. The maximum Gasteiger partial charge on any atom is 0.290 e. The van der Waals surface area contributed by atoms with Crippen LogP contribution in [0.2, 0.25) is 0 Å². The van der Waals surface area contributed by atoms with Crippen LogP contribution in [-0.4, -0.2) is 85.6 Å². The fraction of sp³-hybridized carbons (Fsp3) is 0.381. The summed E-state index contributed by atoms with van der Waals surface area (Å²) in [4.78, 5) is 25.8. The van der Waals surface area contributed by atoms with Crippen molar-refractivity contribution in [2.24, 2.45) is 4.99 Å². The number of nitrogens with one attached hydrogen (secondary N) is 1. The van der Waals surface area contributed by atoms with E-state index in [1.54, 1.807) is 25.5 Å². The maximum absolute atomic E-state index is 12.9. The third-order valence-corrected chi connectivity index (χ3v) is 10.5. The summed E-state index contributed by atoms with van der Waals surface area (Å²) in [6, 6.07) is 27.9. The minimum atomic E-state index is -1.67. The van der Waals surface area contributed by atoms with Crippen molar-refractivity contribution < 1.29 is 23.3 Å². The molecule has 0 aliphatic carbocycles. The summed E-state index contributed by atoms with van der Waals surface area (Å²) in [6.07, 6.45) is 2.80. The topological polar surface area (TPSA) is 135 Å². The standard InChI is InChI=1S/C42H51N6O6P/c1-31(2)48(32(3)4)55(53-27-13-26-43)54-39(17-12-14-33-28-44-41(46-40(33)49)45-30-47(5)6)29-52-42(34-15-10-9-11-16-34,35-18-22-37(50-7)23-19-35)36-20-24-38(51-8)25-21-36/h9-11,15-16,18-25,28,30-32,39H,13,17,27,29H2,1-8H3,(H,44,46,49)/b45-30+/t39-,55?/m0/s1. The van der Waals surface area contributed by atoms with Crippen LogP contribution in [0.4, 0.5) is 5.95 Å². The molecular formula is C42H51N6O6P. The maximum atomic E-state index is 12.9. The van der Waals surface area contributed by atoms with Gasteiger partial charge in [-0.3, -0.25) is 4.79 Å². The molecule has 0 aliphatic rings. The largest absolute Gasteiger partial charge is 0.497 e. The van der Waals surface area contributed by atoms with Crippen molar-refractivity contribution in [1.82, 2.24) is 19.5 Å². The Morgan fingerprint density at radius 1 is 0.909 bits per heavy atom. The molecule has 1 N–H and O–H groups in total. The number of hydrogen-bond donors (Lipinski definition) is 1. The van der Waals surface area contributed by atoms with E-state index in [-0.39, 0.29) is 49.7 Å². The lowest BCUT2D eigenvalue weighted by molar-refractivity contribution is -0.0328. The zero-order valence-corrected chi connectivity index (χ0v) is 33.7. The van der Waals surface area contributed by atoms with Gasteiger partial charge in [0.2, 0.25) is 5.95 Å². The second kappa shape index (κ2) is 21.1. The molecule has 1 unspecified atom stereocenters. The van der Waals surface area contributed by atoms with Crippen LogP contribution in [-0.2, 0) is 19.4 Å². The van der Waals surface area contributed by atoms with E-state index in [9.17, 15) is 10.1 Å². The Kier molecular flexibility index (Phi) is 16.4. The Balaban J connectivity index is 1.82. The number of ether oxygens (including phenoxy) is 3. The summed E-state index contributed by atoms with van der Waals surface area (Å²) in [5.41, 5.74) is 1.20. The van der Waals surface area contributed by atoms with Gasteiger partial charge in [0.15, 0.2) is 0 Å². The number of aromatic nitrogens is 2. The smallest absolute Gasteiger partial charge is 0.290 e. The lowest BCUT2D eigenvalue weighted by Crippen LogP contribution is -2.38. The average Bonchev–Trinajstić information content (AvgIpc) is 3.18. The van der Waals surface area contributed by atoms with Crippen molar-refractivity contribution in [3.05, 3.63) is 118 Å². The second-order valence-corrected chi connectivity index (χ2v) is 14.7. The van der Waals surface area contributed by atoms with Gasteiger partial charge in [-0.2, -0.15) is 10.2 Å². The first-order valence-corrected chi connectivity index (χ1v) is 19.2. The third-order valence-electron chi connectivity index (χ3n) is 8.31. The molecule has 4 aromatic rings. The van der Waals surface area contributed by atoms with Gasteiger partial charge in [-0.25, -0.2) is 9.66 Å². The summed E-state index contributed by atoms with van der Waals surface area (Å²) in [5.74, 6) is 7.73. The highest BCUT2D eigenvalue weighted by Crippen LogP contribution is 2.48. The summed E-state index contributed by atoms with van der Waals surface area (Å²) in [6.45, 7) is 8.59. The molecule has 2 atom stereocenters. The predicted molar refractivity (Wildman–Crippen MR) is 217 cm³/mol. The first kappa shape index (κ1) is 42.7. The minimum absolute atomic E-state index is 0.0684. The monoisotopic (exact) mass is 766 g/mol. The molecule has 55 heavy (non-hydrogen) atoms. The first-order valence-electron chi connectivity index (χ1n) is 18.0. The SMILES string of the molecule is COc1ccc(C(OC[C@H](CC#Cc2c[nH]c(/N=C/N(C)C)nc2=O)OP(OCCC#N)N(C(C)C)C(C)C)(c2ccccc2)c2ccc(OC)cc2)cc1. The van der Waals surface area contributed by atoms with Gasteiger partial charge >= 0.3 is 0 Å². The van der Waals surface area contributed by atoms with Gasteiger partial charge < -0.3 is 33.1 Å². The number of aromatic amines is 1. The molecule has 290 valence electrons. The molecule has 13 heteroatoms. The fourth-order valence-corrected chi connectivity index (χ4v) is 7.51. The highest BCUT2D eigenvalue weighted by molar-refractivity contribution is 7.44. The number of benzene rings is 3. The van der Waals surface area contributed by atoms with Crippen molar-refractivity contribution >= 4 is 20.8 Å². The highest BCUT2D eigenvalue weighted by atomic mass is 31.2. The normalized spacial score (nSPS) is 12.7. The van der Waals surface area contributed by atoms with Crippen LogP contribution >= 0.6 is 8.53 Å². The number of methoxy groups -OCH3 is 2. The van der Waals surface area contributed by atoms with E-state index < -0.39 is 25.8 Å². The lowest BCUT2D eigenvalue weighted by Gasteiger charge is -2.39. The Labute approximate surface area is 326 Å². The molecule has 4 rings (SSSR count). The Hall–Kier alpha value is -5.07. The minimum Gasteiger partial charge on any atom is -0.497 e. The fourth-order valence-electron chi connectivity index (χ4n) is 5.81. The van der Waals surface area contributed by atoms with E-state index in [1.165, 1.54) is 6.20 Å². The van der Waals surface area contributed by atoms with Crippen LogP contribution in [0.25, 0.3) is 0 Å². The second-order valence-electron chi connectivity index (χ2n) is 13.2. The van der Waals surface area contributed by atoms with E-state index >= 15 is 0 Å². The van der Waals surface area contributed by atoms with Crippen LogP contribution in [0, 0.1) is 23.2 Å². The summed E-state index contributed by atoms with van der Waals surface area (Å²) < 4.78 is 33.6. The number of aliphatic imine (C=N–C) groups is 1. The molecule has 1 heterocycles. The van der Waals surface area contributed by atoms with Crippen LogP contribution < -0.4 is 15.0 Å². The van der Waals surface area contributed by atoms with Crippen LogP contribution in [0.15, 0.2) is 94.8 Å². The van der Waals surface area contributed by atoms with Gasteiger partial charge in [0.1, 0.15) is 22.7 Å². The molecule has 1 aromatic heterocycles. The van der Waals surface area contributed by atoms with Crippen LogP contribution in [0.1, 0.15) is 62.8 Å². The van der Waals surface area contributed by atoms with Gasteiger partial charge in [0.05, 0.1) is 52.4 Å². The predicted octanol–water partition coefficient (Wildman–Crippen LogP) is 7.42. The molecule has 0 spiro atoms. The van der Waals surface area contributed by atoms with E-state index in [0.29, 0.717) is 11.5 Å². The zero-order valence-electron chi connectivity index (χ0n) is 32.9. The molecule has 3 aromatic carbocycles. The Morgan fingerprint density at radius 2 is 1.49 bits per heavy atom. The summed E-state index contributed by atoms with van der Waals surface area (Å²) >= 11 is 0. The molecular weight excluding hydrogens is 715 g/mol. The molecule has 0 radical (unpaired) electrons. The summed E-state index contributed by atoms with van der Waals surface area (Å²) in [5, 5.41) is 9.33. The van der Waals surface area contributed by atoms with Crippen molar-refractivity contribution in [1.29, 1.82) is 5.26 Å². The quantitative estimate of drug-likeness (QED) is 0.0257. The van der Waals surface area contributed by atoms with E-state index in [0.717, 1.165) is 16.7 Å². The average molecular weight is 767 g/mol. The number of H-pyrrole nitrogens is 1. The van der Waals surface area contributed by atoms with Gasteiger partial charge in [-0.1, -0.05) is 66.4 Å². The molecule has 0 aliphatic heterocycles. The van der Waals surface area contributed by atoms with E-state index in [2.05, 4.69) is 65.2 Å². The molecule has 0 amide bonds. The third kappa shape index (κ3) is 11.7. The number of rotatable bonds is 19. The number of nitrogens with zero attached hydrogens (tertiary/aromatic N) is 5. The van der Waals surface area contributed by atoms with Crippen molar-refractivity contribution in [3.63, 3.8) is 0 Å². The van der Waals surface area contributed by atoms with Crippen molar-refractivity contribution in [2.45, 2.75) is 64.3 Å². The molecule has 0 fully saturated rings. The molecule has 0 saturated heterocycles. The van der Waals surface area contributed by atoms with E-state index in [4.69, 9.17) is 23.3 Å². The van der Waals surface area contributed by atoms with Crippen LogP contribution in [0.3, 0.4) is 0 Å². The van der Waals surface area contributed by atoms with Crippen molar-refractivity contribution in [2.75, 3.05) is 41.5 Å². The lowest BCUT2D eigenvalue weighted by atomic mass is 9.80.